The van der Waals surface area contributed by atoms with E-state index in [1.165, 1.54) is 0 Å². The summed E-state index contributed by atoms with van der Waals surface area (Å²) in [4.78, 5) is 12.6. The van der Waals surface area contributed by atoms with Gasteiger partial charge in [-0.15, -0.1) is 0 Å². The lowest BCUT2D eigenvalue weighted by Crippen LogP contribution is -2.45. The fraction of sp³-hybridized carbons (Fsp3) is 0.714. The van der Waals surface area contributed by atoms with Gasteiger partial charge in [0.2, 0.25) is 5.91 Å². The van der Waals surface area contributed by atoms with E-state index in [2.05, 4.69) is 17.3 Å². The molecule has 0 unspecified atom stereocenters. The van der Waals surface area contributed by atoms with E-state index in [4.69, 9.17) is 5.73 Å². The normalized spacial score (nSPS) is 27.3. The molecule has 5 nitrogen and oxygen atoms in total. The number of aryl methyl sites for hydroxylation is 2. The minimum atomic E-state index is -0.398. The second-order valence-electron chi connectivity index (χ2n) is 5.92. The summed E-state index contributed by atoms with van der Waals surface area (Å²) in [6.07, 6.45) is 3.92. The molecule has 0 spiro atoms. The number of nitrogens with zero attached hydrogens (tertiary/aromatic N) is 2. The van der Waals surface area contributed by atoms with E-state index in [9.17, 15) is 4.79 Å². The predicted molar refractivity (Wildman–Crippen MR) is 75.7 cm³/mol. The van der Waals surface area contributed by atoms with Gasteiger partial charge in [-0.05, 0) is 38.5 Å². The largest absolute Gasteiger partial charge is 0.329 e. The van der Waals surface area contributed by atoms with Crippen molar-refractivity contribution >= 4 is 11.7 Å². The van der Waals surface area contributed by atoms with Gasteiger partial charge in [0.1, 0.15) is 5.82 Å². The monoisotopic (exact) mass is 264 g/mol. The lowest BCUT2D eigenvalue weighted by Gasteiger charge is -2.37. The number of carbonyl (C=O) groups is 1. The van der Waals surface area contributed by atoms with Crippen molar-refractivity contribution < 1.29 is 4.79 Å². The first-order valence-corrected chi connectivity index (χ1v) is 6.99. The van der Waals surface area contributed by atoms with E-state index in [-0.39, 0.29) is 5.91 Å². The minimum absolute atomic E-state index is 0.0462. The summed E-state index contributed by atoms with van der Waals surface area (Å²) in [5.74, 6) is 1.49. The van der Waals surface area contributed by atoms with Crippen LogP contribution in [0.2, 0.25) is 0 Å². The van der Waals surface area contributed by atoms with Crippen molar-refractivity contribution in [2.24, 2.45) is 24.1 Å². The molecule has 1 saturated carbocycles. The summed E-state index contributed by atoms with van der Waals surface area (Å²) in [5.41, 5.74) is 6.40. The fourth-order valence-electron chi connectivity index (χ4n) is 2.82. The molecular formula is C14H24N4O. The molecule has 1 aliphatic rings. The number of rotatable bonds is 3. The van der Waals surface area contributed by atoms with E-state index >= 15 is 0 Å². The van der Waals surface area contributed by atoms with Crippen molar-refractivity contribution in [2.75, 3.05) is 11.9 Å². The Morgan fingerprint density at radius 3 is 2.68 bits per heavy atom. The van der Waals surface area contributed by atoms with Crippen molar-refractivity contribution in [3.63, 3.8) is 0 Å². The highest BCUT2D eigenvalue weighted by Gasteiger charge is 2.40. The average molecular weight is 264 g/mol. The molecular weight excluding hydrogens is 240 g/mol. The zero-order valence-corrected chi connectivity index (χ0v) is 12.1. The highest BCUT2D eigenvalue weighted by molar-refractivity contribution is 5.95. The second-order valence-corrected chi connectivity index (χ2v) is 5.92. The van der Waals surface area contributed by atoms with Gasteiger partial charge in [0.15, 0.2) is 0 Å². The molecule has 1 aliphatic carbocycles. The van der Waals surface area contributed by atoms with Crippen molar-refractivity contribution in [3.05, 3.63) is 11.8 Å². The molecule has 0 atom stereocenters. The molecule has 1 amide bonds. The van der Waals surface area contributed by atoms with E-state index in [0.29, 0.717) is 12.5 Å². The van der Waals surface area contributed by atoms with Crippen molar-refractivity contribution in [2.45, 2.75) is 39.5 Å². The minimum Gasteiger partial charge on any atom is -0.329 e. The quantitative estimate of drug-likeness (QED) is 0.874. The molecule has 19 heavy (non-hydrogen) atoms. The third-order valence-electron chi connectivity index (χ3n) is 4.35. The molecule has 0 bridgehead atoms. The Hall–Kier alpha value is -1.36. The maximum Gasteiger partial charge on any atom is 0.233 e. The number of nitrogens with one attached hydrogen (secondary N) is 1. The second kappa shape index (κ2) is 5.33. The SMILES string of the molecule is Cc1cc(NC(=O)C2(CN)CCC(C)CC2)n(C)n1. The van der Waals surface area contributed by atoms with Crippen LogP contribution in [0.4, 0.5) is 5.82 Å². The molecule has 2 rings (SSSR count). The smallest absolute Gasteiger partial charge is 0.233 e. The van der Waals surface area contributed by atoms with Crippen LogP contribution in [0.25, 0.3) is 0 Å². The van der Waals surface area contributed by atoms with Crippen LogP contribution < -0.4 is 11.1 Å². The lowest BCUT2D eigenvalue weighted by molar-refractivity contribution is -0.127. The first kappa shape index (κ1) is 14.1. The molecule has 3 N–H and O–H groups in total. The van der Waals surface area contributed by atoms with Gasteiger partial charge in [0, 0.05) is 19.7 Å². The molecule has 1 heterocycles. The highest BCUT2D eigenvalue weighted by Crippen LogP contribution is 2.39. The topological polar surface area (TPSA) is 72.9 Å². The predicted octanol–water partition coefficient (Wildman–Crippen LogP) is 1.82. The van der Waals surface area contributed by atoms with Gasteiger partial charge < -0.3 is 11.1 Å². The van der Waals surface area contributed by atoms with Crippen LogP contribution in [-0.2, 0) is 11.8 Å². The summed E-state index contributed by atoms with van der Waals surface area (Å²) >= 11 is 0. The van der Waals surface area contributed by atoms with Crippen molar-refractivity contribution in [3.8, 4) is 0 Å². The first-order chi connectivity index (χ1) is 8.97. The fourth-order valence-corrected chi connectivity index (χ4v) is 2.82. The Kier molecular flexibility index (Phi) is 3.94. The van der Waals surface area contributed by atoms with Crippen molar-refractivity contribution in [1.29, 1.82) is 0 Å². The first-order valence-electron chi connectivity index (χ1n) is 6.99. The van der Waals surface area contributed by atoms with Crippen LogP contribution in [-0.4, -0.2) is 22.2 Å². The summed E-state index contributed by atoms with van der Waals surface area (Å²) in [7, 11) is 1.83. The van der Waals surface area contributed by atoms with Crippen LogP contribution in [0.15, 0.2) is 6.07 Å². The van der Waals surface area contributed by atoms with Crippen LogP contribution in [0.1, 0.15) is 38.3 Å². The van der Waals surface area contributed by atoms with Gasteiger partial charge in [-0.25, -0.2) is 0 Å². The summed E-state index contributed by atoms with van der Waals surface area (Å²) in [6.45, 7) is 4.57. The number of aromatic nitrogens is 2. The number of amides is 1. The molecule has 1 aromatic heterocycles. The molecule has 0 radical (unpaired) electrons. The standard InChI is InChI=1S/C14H24N4O/c1-10-4-6-14(9-15,7-5-10)13(19)16-12-8-11(2)17-18(12)3/h8,10H,4-7,9,15H2,1-3H3,(H,16,19). The Labute approximate surface area is 114 Å². The zero-order valence-electron chi connectivity index (χ0n) is 12.1. The number of nitrogens with two attached hydrogens (primary N) is 1. The molecule has 1 aromatic rings. The summed E-state index contributed by atoms with van der Waals surface area (Å²) < 4.78 is 1.70. The van der Waals surface area contributed by atoms with E-state index in [0.717, 1.165) is 37.2 Å². The third-order valence-corrected chi connectivity index (χ3v) is 4.35. The summed E-state index contributed by atoms with van der Waals surface area (Å²) in [6, 6.07) is 1.88. The van der Waals surface area contributed by atoms with Crippen LogP contribution in [0.5, 0.6) is 0 Å². The van der Waals surface area contributed by atoms with Gasteiger partial charge in [0.25, 0.3) is 0 Å². The maximum atomic E-state index is 12.6. The Morgan fingerprint density at radius 1 is 1.58 bits per heavy atom. The summed E-state index contributed by atoms with van der Waals surface area (Å²) in [5, 5.41) is 7.23. The third kappa shape index (κ3) is 2.81. The van der Waals surface area contributed by atoms with E-state index < -0.39 is 5.41 Å². The van der Waals surface area contributed by atoms with Crippen LogP contribution >= 0.6 is 0 Å². The van der Waals surface area contributed by atoms with Gasteiger partial charge in [-0.1, -0.05) is 6.92 Å². The van der Waals surface area contributed by atoms with Crippen LogP contribution in [0, 0.1) is 18.3 Å². The molecule has 106 valence electrons. The van der Waals surface area contributed by atoms with Crippen LogP contribution in [0.3, 0.4) is 0 Å². The molecule has 1 fully saturated rings. The molecule has 5 heteroatoms. The van der Waals surface area contributed by atoms with Gasteiger partial charge in [-0.2, -0.15) is 5.10 Å². The molecule has 0 aromatic carbocycles. The Morgan fingerprint density at radius 2 is 2.21 bits per heavy atom. The number of carbonyl (C=O) groups excluding carboxylic acids is 1. The zero-order chi connectivity index (χ0) is 14.0. The van der Waals surface area contributed by atoms with Gasteiger partial charge in [-0.3, -0.25) is 9.48 Å². The van der Waals surface area contributed by atoms with Crippen molar-refractivity contribution in [1.82, 2.24) is 9.78 Å². The molecule has 0 saturated heterocycles. The number of hydrogen-bond acceptors (Lipinski definition) is 3. The van der Waals surface area contributed by atoms with Gasteiger partial charge in [0.05, 0.1) is 11.1 Å². The highest BCUT2D eigenvalue weighted by atomic mass is 16.2. The Bertz CT molecular complexity index is 458. The number of anilines is 1. The van der Waals surface area contributed by atoms with Gasteiger partial charge >= 0.3 is 0 Å². The average Bonchev–Trinajstić information content (AvgIpc) is 2.69. The lowest BCUT2D eigenvalue weighted by atomic mass is 9.70. The van der Waals surface area contributed by atoms with E-state index in [1.54, 1.807) is 4.68 Å². The number of hydrogen-bond donors (Lipinski definition) is 2. The maximum absolute atomic E-state index is 12.6. The van der Waals surface area contributed by atoms with E-state index in [1.807, 2.05) is 20.0 Å². The molecule has 0 aliphatic heterocycles. The Balaban J connectivity index is 2.11.